The smallest absolute Gasteiger partial charge is 0.407 e. The minimum Gasteiger partial charge on any atom is -0.444 e. The number of rotatable bonds is 6. The van der Waals surface area contributed by atoms with E-state index < -0.39 is 11.7 Å². The van der Waals surface area contributed by atoms with Crippen molar-refractivity contribution < 1.29 is 14.3 Å². The first-order valence-corrected chi connectivity index (χ1v) is 6.56. The molecule has 0 aromatic carbocycles. The van der Waals surface area contributed by atoms with Gasteiger partial charge in [-0.05, 0) is 32.6 Å². The second kappa shape index (κ2) is 7.62. The molecule has 4 heteroatoms. The van der Waals surface area contributed by atoms with Gasteiger partial charge in [-0.15, -0.1) is 0 Å². The first-order valence-electron chi connectivity index (χ1n) is 6.56. The monoisotopic (exact) mass is 258 g/mol. The Kier molecular flexibility index (Phi) is 7.29. The van der Waals surface area contributed by atoms with Crippen LogP contribution in [0.4, 0.5) is 4.79 Å². The van der Waals surface area contributed by atoms with E-state index in [0.29, 0.717) is 12.5 Å². The summed E-state index contributed by atoms with van der Waals surface area (Å²) in [4.78, 5) is 11.7. The zero-order chi connectivity index (χ0) is 14.3. The van der Waals surface area contributed by atoms with E-state index in [0.717, 1.165) is 0 Å². The third-order valence-corrected chi connectivity index (χ3v) is 2.15. The Morgan fingerprint density at radius 3 is 2.17 bits per heavy atom. The highest BCUT2D eigenvalue weighted by atomic mass is 16.6. The number of amides is 1. The van der Waals surface area contributed by atoms with Crippen LogP contribution in [0.15, 0.2) is 0 Å². The van der Waals surface area contributed by atoms with Gasteiger partial charge in [0.05, 0.1) is 19.3 Å². The zero-order valence-corrected chi connectivity index (χ0v) is 12.7. The Labute approximate surface area is 111 Å². The van der Waals surface area contributed by atoms with Crippen LogP contribution in [0.2, 0.25) is 0 Å². The number of ether oxygens (including phenoxy) is 2. The molecule has 0 unspecified atom stereocenters. The molecule has 1 amide bonds. The predicted molar refractivity (Wildman–Crippen MR) is 73.1 cm³/mol. The SMILES string of the molecule is CC(C)[CH]OC[C@H](NC(=O)OC(C)(C)C)C(C)C. The molecule has 0 aromatic heterocycles. The maximum atomic E-state index is 11.7. The van der Waals surface area contributed by atoms with E-state index in [1.165, 1.54) is 0 Å². The van der Waals surface area contributed by atoms with Crippen LogP contribution in [0.5, 0.6) is 0 Å². The maximum absolute atomic E-state index is 11.7. The average Bonchev–Trinajstić information content (AvgIpc) is 2.12. The first kappa shape index (κ1) is 17.2. The van der Waals surface area contributed by atoms with Gasteiger partial charge >= 0.3 is 6.09 Å². The molecule has 0 aliphatic heterocycles. The van der Waals surface area contributed by atoms with Crippen LogP contribution in [0.3, 0.4) is 0 Å². The normalized spacial score (nSPS) is 13.8. The average molecular weight is 258 g/mol. The van der Waals surface area contributed by atoms with Gasteiger partial charge in [0, 0.05) is 0 Å². The highest BCUT2D eigenvalue weighted by molar-refractivity contribution is 5.68. The van der Waals surface area contributed by atoms with Crippen molar-refractivity contribution in [1.82, 2.24) is 5.32 Å². The topological polar surface area (TPSA) is 47.6 Å². The fourth-order valence-corrected chi connectivity index (χ4v) is 1.21. The van der Waals surface area contributed by atoms with Crippen molar-refractivity contribution in [2.45, 2.75) is 60.1 Å². The number of hydrogen-bond acceptors (Lipinski definition) is 3. The second-order valence-electron chi connectivity index (χ2n) is 6.21. The van der Waals surface area contributed by atoms with E-state index >= 15 is 0 Å². The van der Waals surface area contributed by atoms with Gasteiger partial charge in [-0.3, -0.25) is 0 Å². The molecular weight excluding hydrogens is 230 g/mol. The van der Waals surface area contributed by atoms with E-state index in [1.54, 1.807) is 6.61 Å². The van der Waals surface area contributed by atoms with Gasteiger partial charge in [-0.25, -0.2) is 4.79 Å². The molecule has 1 N–H and O–H groups in total. The molecule has 107 valence electrons. The highest BCUT2D eigenvalue weighted by Gasteiger charge is 2.21. The lowest BCUT2D eigenvalue weighted by Crippen LogP contribution is -2.44. The van der Waals surface area contributed by atoms with Gasteiger partial charge in [-0.2, -0.15) is 0 Å². The molecule has 0 heterocycles. The molecule has 1 radical (unpaired) electrons. The summed E-state index contributed by atoms with van der Waals surface area (Å²) in [7, 11) is 0. The first-order chi connectivity index (χ1) is 8.11. The van der Waals surface area contributed by atoms with E-state index in [-0.39, 0.29) is 12.0 Å². The molecule has 4 nitrogen and oxygen atoms in total. The lowest BCUT2D eigenvalue weighted by molar-refractivity contribution is 0.0436. The number of nitrogens with one attached hydrogen (secondary N) is 1. The zero-order valence-electron chi connectivity index (χ0n) is 12.7. The third-order valence-electron chi connectivity index (χ3n) is 2.15. The predicted octanol–water partition coefficient (Wildman–Crippen LogP) is 3.37. The number of alkyl carbamates (subject to hydrolysis) is 1. The number of hydrogen-bond donors (Lipinski definition) is 1. The van der Waals surface area contributed by atoms with Gasteiger partial charge < -0.3 is 14.8 Å². The molecule has 18 heavy (non-hydrogen) atoms. The second-order valence-corrected chi connectivity index (χ2v) is 6.21. The van der Waals surface area contributed by atoms with Gasteiger partial charge in [0.25, 0.3) is 0 Å². The Bertz CT molecular complexity index is 244. The number of carbonyl (C=O) groups excluding carboxylic acids is 1. The Morgan fingerprint density at radius 1 is 1.22 bits per heavy atom. The van der Waals surface area contributed by atoms with Crippen molar-refractivity contribution in [3.63, 3.8) is 0 Å². The van der Waals surface area contributed by atoms with Gasteiger partial charge in [0.2, 0.25) is 0 Å². The van der Waals surface area contributed by atoms with Crippen molar-refractivity contribution in [2.24, 2.45) is 11.8 Å². The largest absolute Gasteiger partial charge is 0.444 e. The molecule has 0 aromatic rings. The van der Waals surface area contributed by atoms with E-state index in [2.05, 4.69) is 5.32 Å². The number of carbonyl (C=O) groups is 1. The Balaban J connectivity index is 4.15. The summed E-state index contributed by atoms with van der Waals surface area (Å²) in [5.74, 6) is 0.664. The van der Waals surface area contributed by atoms with Crippen molar-refractivity contribution in [3.8, 4) is 0 Å². The van der Waals surface area contributed by atoms with Crippen LogP contribution >= 0.6 is 0 Å². The third kappa shape index (κ3) is 9.28. The molecule has 1 atom stereocenters. The van der Waals surface area contributed by atoms with Crippen molar-refractivity contribution in [3.05, 3.63) is 6.61 Å². The lowest BCUT2D eigenvalue weighted by atomic mass is 10.1. The molecule has 0 saturated heterocycles. The summed E-state index contributed by atoms with van der Waals surface area (Å²) in [5.41, 5.74) is -0.476. The summed E-state index contributed by atoms with van der Waals surface area (Å²) < 4.78 is 10.7. The molecular formula is C14H28NO3. The fraction of sp³-hybridized carbons (Fsp3) is 0.857. The van der Waals surface area contributed by atoms with Crippen LogP contribution in [-0.2, 0) is 9.47 Å². The van der Waals surface area contributed by atoms with Gasteiger partial charge in [-0.1, -0.05) is 27.7 Å². The minimum absolute atomic E-state index is 0.0464. The molecule has 0 bridgehead atoms. The van der Waals surface area contributed by atoms with Crippen LogP contribution in [0, 0.1) is 18.4 Å². The van der Waals surface area contributed by atoms with Crippen LogP contribution in [0.1, 0.15) is 48.5 Å². The molecule has 0 fully saturated rings. The minimum atomic E-state index is -0.476. The van der Waals surface area contributed by atoms with E-state index in [9.17, 15) is 4.79 Å². The Hall–Kier alpha value is -0.770. The summed E-state index contributed by atoms with van der Waals surface area (Å²) >= 11 is 0. The van der Waals surface area contributed by atoms with Gasteiger partial charge in [0.1, 0.15) is 5.60 Å². The highest BCUT2D eigenvalue weighted by Crippen LogP contribution is 2.10. The van der Waals surface area contributed by atoms with Crippen LogP contribution < -0.4 is 5.32 Å². The standard InChI is InChI=1S/C14H28NO3/c1-10(2)8-17-9-12(11(3)4)15-13(16)18-14(5,6)7/h8,10-12H,9H2,1-7H3,(H,15,16)/t12-/m0/s1. The summed E-state index contributed by atoms with van der Waals surface area (Å²) in [6, 6.07) is -0.0464. The van der Waals surface area contributed by atoms with E-state index in [4.69, 9.17) is 9.47 Å². The van der Waals surface area contributed by atoms with Gasteiger partial charge in [0.15, 0.2) is 0 Å². The summed E-state index contributed by atoms with van der Waals surface area (Å²) in [5, 5.41) is 2.84. The Morgan fingerprint density at radius 2 is 1.78 bits per heavy atom. The molecule has 0 aliphatic carbocycles. The summed E-state index contributed by atoms with van der Waals surface area (Å²) in [6.45, 7) is 16.0. The molecule has 0 aliphatic rings. The summed E-state index contributed by atoms with van der Waals surface area (Å²) in [6.07, 6.45) is -0.394. The molecule has 0 spiro atoms. The molecule has 0 saturated carbocycles. The van der Waals surface area contributed by atoms with Crippen LogP contribution in [0.25, 0.3) is 0 Å². The molecule has 0 rings (SSSR count). The van der Waals surface area contributed by atoms with Crippen molar-refractivity contribution >= 4 is 6.09 Å². The van der Waals surface area contributed by atoms with Crippen LogP contribution in [-0.4, -0.2) is 24.3 Å². The fourth-order valence-electron chi connectivity index (χ4n) is 1.21. The quantitative estimate of drug-likeness (QED) is 0.794. The lowest BCUT2D eigenvalue weighted by Gasteiger charge is -2.25. The maximum Gasteiger partial charge on any atom is 0.407 e. The van der Waals surface area contributed by atoms with Crippen molar-refractivity contribution in [1.29, 1.82) is 0 Å². The van der Waals surface area contributed by atoms with Crippen molar-refractivity contribution in [2.75, 3.05) is 6.61 Å². The van der Waals surface area contributed by atoms with E-state index in [1.807, 2.05) is 48.5 Å².